The molecule has 2 amide bonds. The Labute approximate surface area is 201 Å². The fourth-order valence-electron chi connectivity index (χ4n) is 4.29. The molecule has 5 rings (SSSR count). The Morgan fingerprint density at radius 3 is 2.54 bits per heavy atom. The highest BCUT2D eigenvalue weighted by atomic mass is 19.1. The summed E-state index contributed by atoms with van der Waals surface area (Å²) in [6.45, 7) is 0. The molecule has 0 saturated heterocycles. The number of fused-ring (bicyclic) bond motifs is 1. The maximum atomic E-state index is 13.4. The van der Waals surface area contributed by atoms with Crippen LogP contribution in [0.25, 0.3) is 5.69 Å². The lowest BCUT2D eigenvalue weighted by Crippen LogP contribution is -2.19. The molecule has 0 unspecified atom stereocenters. The van der Waals surface area contributed by atoms with Crippen molar-refractivity contribution in [2.45, 2.75) is 19.3 Å². The smallest absolute Gasteiger partial charge is 0.276 e. The topological polar surface area (TPSA) is 85.2 Å². The highest BCUT2D eigenvalue weighted by Crippen LogP contribution is 2.29. The zero-order valence-corrected chi connectivity index (χ0v) is 19.0. The number of para-hydroxylation sites is 1. The van der Waals surface area contributed by atoms with Gasteiger partial charge in [-0.3, -0.25) is 9.59 Å². The number of nitrogens with one attached hydrogen (secondary N) is 2. The normalized spacial score (nSPS) is 12.2. The molecule has 0 fully saturated rings. The summed E-state index contributed by atoms with van der Waals surface area (Å²) in [6, 6.07) is 19.9. The molecular formula is C27H23FN4O3. The van der Waals surface area contributed by atoms with Crippen molar-refractivity contribution in [3.63, 3.8) is 0 Å². The number of methoxy groups -OCH3 is 1. The SMILES string of the molecule is COc1cccc(NC(=O)c2ccccc2NC(=O)c2nn(-c3ccc(F)cc3)c3c2CCC3)c1. The van der Waals surface area contributed by atoms with Gasteiger partial charge in [0.1, 0.15) is 11.6 Å². The number of carbonyl (C=O) groups is 2. The number of aromatic nitrogens is 2. The second kappa shape index (κ2) is 9.42. The molecule has 176 valence electrons. The van der Waals surface area contributed by atoms with Gasteiger partial charge >= 0.3 is 0 Å². The van der Waals surface area contributed by atoms with E-state index in [1.807, 2.05) is 0 Å². The minimum absolute atomic E-state index is 0.310. The first-order chi connectivity index (χ1) is 17.0. The Hall–Kier alpha value is -4.46. The summed E-state index contributed by atoms with van der Waals surface area (Å²) < 4.78 is 20.3. The van der Waals surface area contributed by atoms with Gasteiger partial charge in [-0.1, -0.05) is 18.2 Å². The van der Waals surface area contributed by atoms with E-state index in [0.717, 1.165) is 30.5 Å². The van der Waals surface area contributed by atoms with E-state index >= 15 is 0 Å². The van der Waals surface area contributed by atoms with E-state index in [2.05, 4.69) is 15.7 Å². The van der Waals surface area contributed by atoms with Crippen LogP contribution in [0.3, 0.4) is 0 Å². The van der Waals surface area contributed by atoms with Crippen molar-refractivity contribution in [3.8, 4) is 11.4 Å². The van der Waals surface area contributed by atoms with Crippen LogP contribution >= 0.6 is 0 Å². The Balaban J connectivity index is 1.41. The molecule has 7 nitrogen and oxygen atoms in total. The van der Waals surface area contributed by atoms with Crippen LogP contribution in [0.2, 0.25) is 0 Å². The summed E-state index contributed by atoms with van der Waals surface area (Å²) in [5.74, 6) is -0.476. The number of anilines is 2. The number of amides is 2. The van der Waals surface area contributed by atoms with Crippen molar-refractivity contribution >= 4 is 23.2 Å². The lowest BCUT2D eigenvalue weighted by atomic mass is 10.1. The van der Waals surface area contributed by atoms with E-state index < -0.39 is 5.91 Å². The number of hydrogen-bond acceptors (Lipinski definition) is 4. The van der Waals surface area contributed by atoms with E-state index in [-0.39, 0.29) is 11.7 Å². The first kappa shape index (κ1) is 22.3. The summed E-state index contributed by atoms with van der Waals surface area (Å²) >= 11 is 0. The predicted octanol–water partition coefficient (Wildman–Crippen LogP) is 5.01. The quantitative estimate of drug-likeness (QED) is 0.415. The summed E-state index contributed by atoms with van der Waals surface area (Å²) in [5.41, 5.74) is 4.10. The third kappa shape index (κ3) is 4.50. The van der Waals surface area contributed by atoms with Gasteiger partial charge in [0.15, 0.2) is 5.69 Å². The molecule has 2 N–H and O–H groups in total. The van der Waals surface area contributed by atoms with Crippen molar-refractivity contribution < 1.29 is 18.7 Å². The molecule has 4 aromatic rings. The van der Waals surface area contributed by atoms with Crippen LogP contribution in [0.5, 0.6) is 5.75 Å². The number of benzene rings is 3. The van der Waals surface area contributed by atoms with Crippen molar-refractivity contribution in [2.24, 2.45) is 0 Å². The van der Waals surface area contributed by atoms with Crippen molar-refractivity contribution in [1.82, 2.24) is 9.78 Å². The maximum Gasteiger partial charge on any atom is 0.276 e. The lowest BCUT2D eigenvalue weighted by Gasteiger charge is -2.12. The van der Waals surface area contributed by atoms with Gasteiger partial charge in [0.25, 0.3) is 11.8 Å². The van der Waals surface area contributed by atoms with Crippen molar-refractivity contribution in [1.29, 1.82) is 0 Å². The minimum atomic E-state index is -0.398. The van der Waals surface area contributed by atoms with Gasteiger partial charge in [0.05, 0.1) is 24.0 Å². The Morgan fingerprint density at radius 2 is 1.74 bits per heavy atom. The van der Waals surface area contributed by atoms with Gasteiger partial charge in [-0.25, -0.2) is 9.07 Å². The number of carbonyl (C=O) groups excluding carboxylic acids is 2. The van der Waals surface area contributed by atoms with Gasteiger partial charge < -0.3 is 15.4 Å². The number of ether oxygens (including phenoxy) is 1. The Kier molecular flexibility index (Phi) is 6.01. The van der Waals surface area contributed by atoms with Crippen molar-refractivity contribution in [2.75, 3.05) is 17.7 Å². The maximum absolute atomic E-state index is 13.4. The van der Waals surface area contributed by atoms with Crippen LogP contribution in [0.1, 0.15) is 38.5 Å². The molecule has 8 heteroatoms. The van der Waals surface area contributed by atoms with E-state index in [1.165, 1.54) is 12.1 Å². The molecule has 0 saturated carbocycles. The van der Waals surface area contributed by atoms with Crippen molar-refractivity contribution in [3.05, 3.63) is 101 Å². The van der Waals surface area contributed by atoms with E-state index in [9.17, 15) is 14.0 Å². The van der Waals surface area contributed by atoms with Crippen LogP contribution in [0.4, 0.5) is 15.8 Å². The highest BCUT2D eigenvalue weighted by Gasteiger charge is 2.27. The minimum Gasteiger partial charge on any atom is -0.497 e. The fraction of sp³-hybridized carbons (Fsp3) is 0.148. The molecule has 0 bridgehead atoms. The average molecular weight is 471 g/mol. The molecule has 0 aliphatic heterocycles. The Morgan fingerprint density at radius 1 is 0.943 bits per heavy atom. The zero-order valence-electron chi connectivity index (χ0n) is 19.0. The largest absolute Gasteiger partial charge is 0.497 e. The predicted molar refractivity (Wildman–Crippen MR) is 131 cm³/mol. The van der Waals surface area contributed by atoms with Gasteiger partial charge in [0, 0.05) is 23.0 Å². The monoisotopic (exact) mass is 470 g/mol. The summed E-state index contributed by atoms with van der Waals surface area (Å²) in [7, 11) is 1.56. The van der Waals surface area contributed by atoms with Gasteiger partial charge in [-0.2, -0.15) is 5.10 Å². The van der Waals surface area contributed by atoms with Crippen LogP contribution in [-0.4, -0.2) is 28.7 Å². The second-order valence-electron chi connectivity index (χ2n) is 8.20. The number of halogens is 1. The van der Waals surface area contributed by atoms with Crippen LogP contribution in [0, 0.1) is 5.82 Å². The molecule has 1 aromatic heterocycles. The Bertz CT molecular complexity index is 1410. The standard InChI is InChI=1S/C27H23FN4O3/c1-35-20-7-4-6-18(16-20)29-26(33)21-8-2-3-10-23(21)30-27(34)25-22-9-5-11-24(22)32(31-25)19-14-12-17(28)13-15-19/h2-4,6-8,10,12-16H,5,9,11H2,1H3,(H,29,33)(H,30,34). The molecular weight excluding hydrogens is 447 g/mol. The fourth-order valence-corrected chi connectivity index (χ4v) is 4.29. The molecule has 1 aliphatic rings. The molecule has 35 heavy (non-hydrogen) atoms. The van der Waals surface area contributed by atoms with Gasteiger partial charge in [-0.05, 0) is 67.8 Å². The van der Waals surface area contributed by atoms with Crippen LogP contribution in [0.15, 0.2) is 72.8 Å². The molecule has 0 atom stereocenters. The number of hydrogen-bond donors (Lipinski definition) is 2. The van der Waals surface area contributed by atoms with Gasteiger partial charge in [0.2, 0.25) is 0 Å². The summed E-state index contributed by atoms with van der Waals surface area (Å²) in [4.78, 5) is 26.3. The van der Waals surface area contributed by atoms with E-state index in [0.29, 0.717) is 34.1 Å². The summed E-state index contributed by atoms with van der Waals surface area (Å²) in [6.07, 6.45) is 2.43. The molecule has 0 radical (unpaired) electrons. The first-order valence-corrected chi connectivity index (χ1v) is 11.3. The second-order valence-corrected chi connectivity index (χ2v) is 8.20. The number of rotatable bonds is 6. The van der Waals surface area contributed by atoms with Crippen LogP contribution < -0.4 is 15.4 Å². The molecule has 0 spiro atoms. The third-order valence-electron chi connectivity index (χ3n) is 5.96. The zero-order chi connectivity index (χ0) is 24.4. The number of nitrogens with zero attached hydrogens (tertiary/aromatic N) is 2. The van der Waals surface area contributed by atoms with E-state index in [1.54, 1.807) is 72.5 Å². The summed E-state index contributed by atoms with van der Waals surface area (Å²) in [5, 5.41) is 10.3. The van der Waals surface area contributed by atoms with Gasteiger partial charge in [-0.15, -0.1) is 0 Å². The third-order valence-corrected chi connectivity index (χ3v) is 5.96. The van der Waals surface area contributed by atoms with Crippen LogP contribution in [-0.2, 0) is 12.8 Å². The highest BCUT2D eigenvalue weighted by molar-refractivity contribution is 6.12. The lowest BCUT2D eigenvalue weighted by molar-refractivity contribution is 0.102. The molecule has 1 heterocycles. The average Bonchev–Trinajstić information content (AvgIpc) is 3.48. The first-order valence-electron chi connectivity index (χ1n) is 11.3. The molecule has 3 aromatic carbocycles. The molecule has 1 aliphatic carbocycles. The van der Waals surface area contributed by atoms with E-state index in [4.69, 9.17) is 4.74 Å².